The summed E-state index contributed by atoms with van der Waals surface area (Å²) >= 11 is 0. The Morgan fingerprint density at radius 3 is 2.79 bits per heavy atom. The number of aromatic amines is 1. The summed E-state index contributed by atoms with van der Waals surface area (Å²) < 4.78 is 1.81. The molecule has 74 valence electrons. The summed E-state index contributed by atoms with van der Waals surface area (Å²) in [5, 5.41) is 11.3. The zero-order chi connectivity index (χ0) is 10.1. The molecule has 0 atom stereocenters. The van der Waals surface area contributed by atoms with Crippen LogP contribution in [-0.4, -0.2) is 25.0 Å². The quantitative estimate of drug-likeness (QED) is 0.772. The lowest BCUT2D eigenvalue weighted by Gasteiger charge is -1.93. The minimum Gasteiger partial charge on any atom is -0.264 e. The summed E-state index contributed by atoms with van der Waals surface area (Å²) in [6, 6.07) is 2.02. The van der Waals surface area contributed by atoms with Crippen molar-refractivity contribution in [2.45, 2.75) is 20.3 Å². The number of hydrogen-bond acceptors (Lipinski definition) is 3. The van der Waals surface area contributed by atoms with E-state index < -0.39 is 0 Å². The molecule has 14 heavy (non-hydrogen) atoms. The second-order valence-electron chi connectivity index (χ2n) is 3.24. The van der Waals surface area contributed by atoms with Crippen molar-refractivity contribution in [1.82, 2.24) is 25.0 Å². The highest BCUT2D eigenvalue weighted by Gasteiger charge is 2.10. The monoisotopic (exact) mass is 191 g/mol. The van der Waals surface area contributed by atoms with Crippen LogP contribution in [0, 0.1) is 6.92 Å². The van der Waals surface area contributed by atoms with Crippen LogP contribution in [0.5, 0.6) is 0 Å². The van der Waals surface area contributed by atoms with Gasteiger partial charge < -0.3 is 0 Å². The highest BCUT2D eigenvalue weighted by atomic mass is 15.3. The molecule has 0 aliphatic rings. The first-order chi connectivity index (χ1) is 6.70. The minimum absolute atomic E-state index is 0.706. The van der Waals surface area contributed by atoms with Gasteiger partial charge in [-0.3, -0.25) is 9.78 Å². The van der Waals surface area contributed by atoms with Gasteiger partial charge in [-0.15, -0.1) is 0 Å². The fourth-order valence-corrected chi connectivity index (χ4v) is 1.37. The lowest BCUT2D eigenvalue weighted by molar-refractivity contribution is 0.748. The van der Waals surface area contributed by atoms with E-state index in [4.69, 9.17) is 0 Å². The molecule has 2 rings (SSSR count). The van der Waals surface area contributed by atoms with Gasteiger partial charge in [-0.2, -0.15) is 10.2 Å². The maximum absolute atomic E-state index is 4.34. The largest absolute Gasteiger partial charge is 0.264 e. The van der Waals surface area contributed by atoms with Crippen molar-refractivity contribution in [2.75, 3.05) is 0 Å². The SMILES string of the molecule is CCc1cc(-c2n[nH]c(C)n2)n(C)n1. The van der Waals surface area contributed by atoms with Crippen LogP contribution < -0.4 is 0 Å². The van der Waals surface area contributed by atoms with Crippen molar-refractivity contribution in [2.24, 2.45) is 7.05 Å². The van der Waals surface area contributed by atoms with Crippen molar-refractivity contribution in [3.8, 4) is 11.5 Å². The van der Waals surface area contributed by atoms with Crippen LogP contribution in [0.1, 0.15) is 18.4 Å². The molecule has 5 heteroatoms. The molecule has 0 spiro atoms. The average molecular weight is 191 g/mol. The average Bonchev–Trinajstić information content (AvgIpc) is 2.71. The van der Waals surface area contributed by atoms with Gasteiger partial charge in [0.15, 0.2) is 5.82 Å². The van der Waals surface area contributed by atoms with E-state index in [-0.39, 0.29) is 0 Å². The zero-order valence-electron chi connectivity index (χ0n) is 8.57. The molecular weight excluding hydrogens is 178 g/mol. The molecule has 2 aromatic rings. The first kappa shape index (κ1) is 8.93. The lowest BCUT2D eigenvalue weighted by atomic mass is 10.3. The molecule has 2 aromatic heterocycles. The molecule has 0 radical (unpaired) electrons. The summed E-state index contributed by atoms with van der Waals surface area (Å²) in [4.78, 5) is 4.26. The van der Waals surface area contributed by atoms with Gasteiger partial charge in [-0.05, 0) is 19.4 Å². The van der Waals surface area contributed by atoms with Gasteiger partial charge in [0.1, 0.15) is 11.5 Å². The van der Waals surface area contributed by atoms with Crippen LogP contribution in [-0.2, 0) is 13.5 Å². The Bertz CT molecular complexity index is 440. The van der Waals surface area contributed by atoms with Crippen LogP contribution in [0.4, 0.5) is 0 Å². The topological polar surface area (TPSA) is 59.4 Å². The smallest absolute Gasteiger partial charge is 0.199 e. The van der Waals surface area contributed by atoms with E-state index in [1.165, 1.54) is 0 Å². The fourth-order valence-electron chi connectivity index (χ4n) is 1.37. The van der Waals surface area contributed by atoms with Crippen LogP contribution in [0.3, 0.4) is 0 Å². The number of nitrogens with zero attached hydrogens (tertiary/aromatic N) is 4. The van der Waals surface area contributed by atoms with E-state index in [1.807, 2.05) is 20.0 Å². The van der Waals surface area contributed by atoms with Gasteiger partial charge in [-0.25, -0.2) is 4.98 Å². The molecule has 0 aliphatic carbocycles. The van der Waals surface area contributed by atoms with E-state index in [1.54, 1.807) is 4.68 Å². The molecule has 0 saturated heterocycles. The van der Waals surface area contributed by atoms with E-state index >= 15 is 0 Å². The summed E-state index contributed by atoms with van der Waals surface area (Å²) in [7, 11) is 1.90. The minimum atomic E-state index is 0.706. The Morgan fingerprint density at radius 1 is 1.50 bits per heavy atom. The Hall–Kier alpha value is -1.65. The van der Waals surface area contributed by atoms with Gasteiger partial charge in [0.25, 0.3) is 0 Å². The van der Waals surface area contributed by atoms with Crippen molar-refractivity contribution in [3.63, 3.8) is 0 Å². The standard InChI is InChI=1S/C9H13N5/c1-4-7-5-8(14(3)13-7)9-10-6(2)11-12-9/h5H,4H2,1-3H3,(H,10,11,12). The fraction of sp³-hybridized carbons (Fsp3) is 0.444. The van der Waals surface area contributed by atoms with Crippen LogP contribution in [0.2, 0.25) is 0 Å². The first-order valence-corrected chi connectivity index (χ1v) is 4.63. The Balaban J connectivity index is 2.45. The molecule has 1 N–H and O–H groups in total. The summed E-state index contributed by atoms with van der Waals surface area (Å²) in [6.07, 6.45) is 0.928. The normalized spacial score (nSPS) is 10.8. The molecule has 0 amide bonds. The predicted molar refractivity (Wildman–Crippen MR) is 52.7 cm³/mol. The van der Waals surface area contributed by atoms with Gasteiger partial charge in [0, 0.05) is 7.05 Å². The maximum atomic E-state index is 4.34. The second-order valence-corrected chi connectivity index (χ2v) is 3.24. The number of aryl methyl sites for hydroxylation is 3. The van der Waals surface area contributed by atoms with Crippen molar-refractivity contribution < 1.29 is 0 Å². The van der Waals surface area contributed by atoms with E-state index in [9.17, 15) is 0 Å². The molecule has 0 unspecified atom stereocenters. The number of hydrogen-bond donors (Lipinski definition) is 1. The van der Waals surface area contributed by atoms with Crippen molar-refractivity contribution in [1.29, 1.82) is 0 Å². The molecule has 5 nitrogen and oxygen atoms in total. The zero-order valence-corrected chi connectivity index (χ0v) is 8.57. The Morgan fingerprint density at radius 2 is 2.29 bits per heavy atom. The van der Waals surface area contributed by atoms with Crippen molar-refractivity contribution in [3.05, 3.63) is 17.6 Å². The van der Waals surface area contributed by atoms with E-state index in [2.05, 4.69) is 27.2 Å². The van der Waals surface area contributed by atoms with Gasteiger partial charge >= 0.3 is 0 Å². The number of aromatic nitrogens is 5. The summed E-state index contributed by atoms with van der Waals surface area (Å²) in [5.74, 6) is 1.52. The summed E-state index contributed by atoms with van der Waals surface area (Å²) in [5.41, 5.74) is 2.01. The van der Waals surface area contributed by atoms with E-state index in [0.29, 0.717) is 5.82 Å². The maximum Gasteiger partial charge on any atom is 0.199 e. The number of nitrogens with one attached hydrogen (secondary N) is 1. The molecule has 0 aliphatic heterocycles. The molecule has 2 heterocycles. The van der Waals surface area contributed by atoms with E-state index in [0.717, 1.165) is 23.6 Å². The predicted octanol–water partition coefficient (Wildman–Crippen LogP) is 1.08. The molecule has 0 bridgehead atoms. The Kier molecular flexibility index (Phi) is 2.07. The first-order valence-electron chi connectivity index (χ1n) is 4.63. The third kappa shape index (κ3) is 1.41. The van der Waals surface area contributed by atoms with Gasteiger partial charge in [-0.1, -0.05) is 6.92 Å². The number of H-pyrrole nitrogens is 1. The highest BCUT2D eigenvalue weighted by molar-refractivity contribution is 5.49. The van der Waals surface area contributed by atoms with Crippen LogP contribution in [0.15, 0.2) is 6.07 Å². The molecule has 0 saturated carbocycles. The number of rotatable bonds is 2. The van der Waals surface area contributed by atoms with Crippen LogP contribution in [0.25, 0.3) is 11.5 Å². The molecular formula is C9H13N5. The molecule has 0 fully saturated rings. The summed E-state index contributed by atoms with van der Waals surface area (Å²) in [6.45, 7) is 3.96. The molecule has 0 aromatic carbocycles. The third-order valence-electron chi connectivity index (χ3n) is 2.12. The third-order valence-corrected chi connectivity index (χ3v) is 2.12. The lowest BCUT2D eigenvalue weighted by Crippen LogP contribution is -1.95. The van der Waals surface area contributed by atoms with Gasteiger partial charge in [0.05, 0.1) is 5.69 Å². The van der Waals surface area contributed by atoms with Crippen LogP contribution >= 0.6 is 0 Å². The Labute approximate surface area is 82.2 Å². The second kappa shape index (κ2) is 3.25. The van der Waals surface area contributed by atoms with Crippen molar-refractivity contribution >= 4 is 0 Å². The highest BCUT2D eigenvalue weighted by Crippen LogP contribution is 2.15. The van der Waals surface area contributed by atoms with Gasteiger partial charge in [0.2, 0.25) is 0 Å².